The minimum atomic E-state index is -0.358. The van der Waals surface area contributed by atoms with Crippen LogP contribution >= 0.6 is 23.2 Å². The van der Waals surface area contributed by atoms with E-state index in [2.05, 4.69) is 33.2 Å². The number of fused-ring (bicyclic) bond motifs is 1. The second-order valence-electron chi connectivity index (χ2n) is 10.3. The summed E-state index contributed by atoms with van der Waals surface area (Å²) in [6.45, 7) is 4.11. The number of piperidine rings is 1. The van der Waals surface area contributed by atoms with E-state index in [1.54, 1.807) is 37.2 Å². The van der Waals surface area contributed by atoms with Crippen LogP contribution in [0.2, 0.25) is 10.0 Å². The average molecular weight is 584 g/mol. The first-order valence-corrected chi connectivity index (χ1v) is 14.1. The van der Waals surface area contributed by atoms with Crippen LogP contribution in [0.25, 0.3) is 0 Å². The van der Waals surface area contributed by atoms with Crippen molar-refractivity contribution in [3.8, 4) is 5.88 Å². The van der Waals surface area contributed by atoms with E-state index >= 15 is 0 Å². The molecule has 1 aromatic heterocycles. The van der Waals surface area contributed by atoms with Crippen LogP contribution in [-0.4, -0.2) is 60.6 Å². The van der Waals surface area contributed by atoms with Crippen LogP contribution in [0.15, 0.2) is 42.6 Å². The molecule has 1 N–H and O–H groups in total. The number of hydrogen-bond donors (Lipinski definition) is 1. The fraction of sp³-hybridized carbons (Fsp3) is 0.379. The maximum atomic E-state index is 13.2. The fourth-order valence-electron chi connectivity index (χ4n) is 5.07. The van der Waals surface area contributed by atoms with Gasteiger partial charge in [-0.3, -0.25) is 14.5 Å². The van der Waals surface area contributed by atoms with Gasteiger partial charge in [0.2, 0.25) is 17.7 Å². The summed E-state index contributed by atoms with van der Waals surface area (Å²) in [6, 6.07) is 11.0. The van der Waals surface area contributed by atoms with Gasteiger partial charge in [0.1, 0.15) is 5.56 Å². The van der Waals surface area contributed by atoms with Crippen LogP contribution in [0.4, 0.5) is 23.0 Å². The van der Waals surface area contributed by atoms with Crippen molar-refractivity contribution in [3.05, 3.63) is 63.8 Å². The molecule has 0 spiro atoms. The molecule has 0 saturated carbocycles. The van der Waals surface area contributed by atoms with Gasteiger partial charge in [-0.05, 0) is 54.7 Å². The molecule has 0 atom stereocenters. The van der Waals surface area contributed by atoms with Crippen molar-refractivity contribution < 1.29 is 14.3 Å². The Kier molecular flexibility index (Phi) is 8.32. The Morgan fingerprint density at radius 1 is 1.15 bits per heavy atom. The van der Waals surface area contributed by atoms with Crippen molar-refractivity contribution in [2.75, 3.05) is 49.0 Å². The predicted octanol–water partition coefficient (Wildman–Crippen LogP) is 5.78. The fourth-order valence-corrected chi connectivity index (χ4v) is 5.67. The molecule has 40 heavy (non-hydrogen) atoms. The van der Waals surface area contributed by atoms with Crippen LogP contribution in [0.3, 0.4) is 0 Å². The zero-order valence-corrected chi connectivity index (χ0v) is 24.3. The van der Waals surface area contributed by atoms with Crippen molar-refractivity contribution in [1.29, 1.82) is 0 Å². The number of benzene rings is 2. The van der Waals surface area contributed by atoms with Gasteiger partial charge < -0.3 is 19.9 Å². The molecular weight excluding hydrogens is 551 g/mol. The normalized spacial score (nSPS) is 15.5. The minimum absolute atomic E-state index is 0.0296. The summed E-state index contributed by atoms with van der Waals surface area (Å²) in [5.74, 6) is 0.871. The summed E-state index contributed by atoms with van der Waals surface area (Å²) in [6.07, 6.45) is 5.21. The van der Waals surface area contributed by atoms with Crippen molar-refractivity contribution in [1.82, 2.24) is 14.9 Å². The lowest BCUT2D eigenvalue weighted by Gasteiger charge is -2.34. The first-order chi connectivity index (χ1) is 19.2. The molecule has 3 aromatic rings. The summed E-state index contributed by atoms with van der Waals surface area (Å²) in [7, 11) is 3.53. The molecule has 2 aromatic carbocycles. The summed E-state index contributed by atoms with van der Waals surface area (Å²) in [5.41, 5.74) is 3.34. The van der Waals surface area contributed by atoms with E-state index in [-0.39, 0.29) is 42.4 Å². The van der Waals surface area contributed by atoms with Crippen LogP contribution in [0, 0.1) is 5.92 Å². The predicted molar refractivity (Wildman–Crippen MR) is 158 cm³/mol. The maximum Gasteiger partial charge on any atom is 0.268 e. The van der Waals surface area contributed by atoms with Gasteiger partial charge in [0, 0.05) is 44.8 Å². The van der Waals surface area contributed by atoms with Gasteiger partial charge in [-0.1, -0.05) is 42.6 Å². The second-order valence-corrected chi connectivity index (χ2v) is 11.1. The largest absolute Gasteiger partial charge is 0.455 e. The van der Waals surface area contributed by atoms with E-state index in [1.165, 1.54) is 17.5 Å². The van der Waals surface area contributed by atoms with Crippen molar-refractivity contribution >= 4 is 58.0 Å². The van der Waals surface area contributed by atoms with E-state index in [9.17, 15) is 9.59 Å². The van der Waals surface area contributed by atoms with Crippen LogP contribution in [-0.2, 0) is 11.2 Å². The number of nitrogens with one attached hydrogen (secondary N) is 1. The summed E-state index contributed by atoms with van der Waals surface area (Å²) >= 11 is 12.6. The third-order valence-corrected chi connectivity index (χ3v) is 8.09. The molecular formula is C29H32Cl2N6O3. The Hall–Kier alpha value is -3.56. The molecule has 0 unspecified atom stereocenters. The van der Waals surface area contributed by atoms with Gasteiger partial charge in [0.25, 0.3) is 5.91 Å². The smallest absolute Gasteiger partial charge is 0.268 e. The molecule has 0 radical (unpaired) electrons. The number of amides is 2. The number of carbonyl (C=O) groups is 2. The zero-order valence-electron chi connectivity index (χ0n) is 22.8. The molecule has 1 saturated heterocycles. The standard InChI is InChI=1S/C29H32Cl2N6O3/c1-4-18-10-12-36(13-11-18)24-9-8-20(14-19(24)15-25(38)35(2)3)33-29-32-16-21-27(34-29)40-17-37(28(21)39)26-22(30)6-5-7-23(26)31/h5-9,14,16,18H,4,10-13,15,17H2,1-3H3,(H,32,33,34). The molecule has 2 amide bonds. The highest BCUT2D eigenvalue weighted by Crippen LogP contribution is 2.37. The Morgan fingerprint density at radius 3 is 2.55 bits per heavy atom. The molecule has 3 heterocycles. The van der Waals surface area contributed by atoms with Gasteiger partial charge in [-0.2, -0.15) is 4.98 Å². The highest BCUT2D eigenvalue weighted by molar-refractivity contribution is 6.40. The average Bonchev–Trinajstić information content (AvgIpc) is 2.94. The molecule has 0 aliphatic carbocycles. The number of ether oxygens (including phenoxy) is 1. The minimum Gasteiger partial charge on any atom is -0.455 e. The molecule has 1 fully saturated rings. The quantitative estimate of drug-likeness (QED) is 0.377. The van der Waals surface area contributed by atoms with E-state index in [0.717, 1.165) is 48.8 Å². The molecule has 0 bridgehead atoms. The van der Waals surface area contributed by atoms with E-state index < -0.39 is 0 Å². The number of carbonyl (C=O) groups excluding carboxylic acids is 2. The summed E-state index contributed by atoms with van der Waals surface area (Å²) < 4.78 is 5.81. The first kappa shape index (κ1) is 28.0. The number of anilines is 4. The molecule has 9 nitrogen and oxygen atoms in total. The Labute approximate surface area is 244 Å². The van der Waals surface area contributed by atoms with Crippen molar-refractivity contribution in [3.63, 3.8) is 0 Å². The maximum absolute atomic E-state index is 13.2. The van der Waals surface area contributed by atoms with Crippen LogP contribution in [0.1, 0.15) is 42.1 Å². The van der Waals surface area contributed by atoms with E-state index in [1.807, 2.05) is 12.1 Å². The highest BCUT2D eigenvalue weighted by atomic mass is 35.5. The topological polar surface area (TPSA) is 90.9 Å². The number of aromatic nitrogens is 2. The third-order valence-electron chi connectivity index (χ3n) is 7.48. The number of likely N-dealkylation sites (N-methyl/N-ethyl adjacent to an activating group) is 1. The first-order valence-electron chi connectivity index (χ1n) is 13.4. The van der Waals surface area contributed by atoms with Crippen LogP contribution < -0.4 is 19.9 Å². The highest BCUT2D eigenvalue weighted by Gasteiger charge is 2.31. The number of halogens is 2. The number of hydrogen-bond acceptors (Lipinski definition) is 7. The Balaban J connectivity index is 1.37. The summed E-state index contributed by atoms with van der Waals surface area (Å²) in [5, 5.41) is 3.89. The second kappa shape index (κ2) is 11.9. The zero-order chi connectivity index (χ0) is 28.4. The van der Waals surface area contributed by atoms with Gasteiger partial charge in [0.15, 0.2) is 6.73 Å². The van der Waals surface area contributed by atoms with Crippen LogP contribution in [0.5, 0.6) is 5.88 Å². The Bertz CT molecular complexity index is 1400. The third kappa shape index (κ3) is 5.81. The molecule has 5 rings (SSSR count). The molecule has 11 heteroatoms. The molecule has 210 valence electrons. The van der Waals surface area contributed by atoms with Gasteiger partial charge >= 0.3 is 0 Å². The number of rotatable bonds is 7. The van der Waals surface area contributed by atoms with Crippen molar-refractivity contribution in [2.45, 2.75) is 32.6 Å². The van der Waals surface area contributed by atoms with E-state index in [4.69, 9.17) is 27.9 Å². The molecule has 2 aliphatic heterocycles. The monoisotopic (exact) mass is 582 g/mol. The van der Waals surface area contributed by atoms with Crippen molar-refractivity contribution in [2.24, 2.45) is 5.92 Å². The number of para-hydroxylation sites is 1. The lowest BCUT2D eigenvalue weighted by molar-refractivity contribution is -0.127. The Morgan fingerprint density at radius 2 is 1.88 bits per heavy atom. The number of nitrogens with zero attached hydrogens (tertiary/aromatic N) is 5. The van der Waals surface area contributed by atoms with E-state index in [0.29, 0.717) is 15.7 Å². The lowest BCUT2D eigenvalue weighted by Crippen LogP contribution is -2.39. The lowest BCUT2D eigenvalue weighted by atomic mass is 9.93. The van der Waals surface area contributed by atoms with Gasteiger partial charge in [0.05, 0.1) is 22.2 Å². The van der Waals surface area contributed by atoms with Gasteiger partial charge in [-0.15, -0.1) is 0 Å². The van der Waals surface area contributed by atoms with Gasteiger partial charge in [-0.25, -0.2) is 4.98 Å². The summed E-state index contributed by atoms with van der Waals surface area (Å²) in [4.78, 5) is 40.0. The SMILES string of the molecule is CCC1CCN(c2ccc(Nc3ncc4c(n3)OCN(c3c(Cl)cccc3Cl)C4=O)cc2CC(=O)N(C)C)CC1. The molecule has 2 aliphatic rings.